The fourth-order valence-electron chi connectivity index (χ4n) is 2.82. The van der Waals surface area contributed by atoms with Crippen LogP contribution in [0.2, 0.25) is 0 Å². The minimum atomic E-state index is -0.593. The summed E-state index contributed by atoms with van der Waals surface area (Å²) in [4.78, 5) is 35.5. The summed E-state index contributed by atoms with van der Waals surface area (Å²) in [7, 11) is 2.49. The summed E-state index contributed by atoms with van der Waals surface area (Å²) in [6.45, 7) is -0.684. The predicted octanol–water partition coefficient (Wildman–Crippen LogP) is 1.39. The predicted molar refractivity (Wildman–Crippen MR) is 89.5 cm³/mol. The zero-order valence-corrected chi connectivity index (χ0v) is 14.5. The van der Waals surface area contributed by atoms with Gasteiger partial charge in [0.05, 0.1) is 14.2 Å². The Labute approximate surface area is 148 Å². The number of ether oxygens (including phenoxy) is 4. The first-order chi connectivity index (χ1) is 12.5. The monoisotopic (exact) mass is 362 g/mol. The first-order valence-corrected chi connectivity index (χ1v) is 8.05. The standard InChI is InChI=1S/C18H18O8/c1-22-15(19)8-24-10-6-13(25-9-16(20)23-2)17-14(7-10)26-12-5-3-4-11(12)18(17)21/h6-7H,3-5,8-9H2,1-2H3. The molecule has 0 fully saturated rings. The maximum atomic E-state index is 12.8. The topological polar surface area (TPSA) is 101 Å². The molecule has 1 aromatic carbocycles. The van der Waals surface area contributed by atoms with Gasteiger partial charge in [0.1, 0.15) is 28.2 Å². The molecule has 3 rings (SSSR count). The number of carbonyl (C=O) groups is 2. The van der Waals surface area contributed by atoms with Crippen molar-refractivity contribution in [2.45, 2.75) is 19.3 Å². The molecular formula is C18H18O8. The summed E-state index contributed by atoms with van der Waals surface area (Å²) in [6.07, 6.45) is 2.17. The largest absolute Gasteiger partial charge is 0.482 e. The van der Waals surface area contributed by atoms with E-state index in [1.807, 2.05) is 0 Å². The maximum absolute atomic E-state index is 12.8. The van der Waals surface area contributed by atoms with Crippen LogP contribution in [0.25, 0.3) is 11.0 Å². The molecule has 1 aromatic heterocycles. The summed E-state index contributed by atoms with van der Waals surface area (Å²) >= 11 is 0. The van der Waals surface area contributed by atoms with Crippen LogP contribution in [0.1, 0.15) is 17.7 Å². The second-order valence-electron chi connectivity index (χ2n) is 5.71. The second kappa shape index (κ2) is 7.47. The lowest BCUT2D eigenvalue weighted by Gasteiger charge is -2.12. The zero-order valence-electron chi connectivity index (χ0n) is 14.5. The molecule has 138 valence electrons. The minimum Gasteiger partial charge on any atom is -0.482 e. The fourth-order valence-corrected chi connectivity index (χ4v) is 2.82. The third-order valence-electron chi connectivity index (χ3n) is 4.10. The molecule has 26 heavy (non-hydrogen) atoms. The van der Waals surface area contributed by atoms with E-state index in [0.29, 0.717) is 24.2 Å². The highest BCUT2D eigenvalue weighted by molar-refractivity contribution is 5.86. The highest BCUT2D eigenvalue weighted by atomic mass is 16.6. The third kappa shape index (κ3) is 3.49. The van der Waals surface area contributed by atoms with Crippen molar-refractivity contribution in [2.75, 3.05) is 27.4 Å². The van der Waals surface area contributed by atoms with Crippen LogP contribution in [-0.4, -0.2) is 39.4 Å². The van der Waals surface area contributed by atoms with Gasteiger partial charge in [-0.25, -0.2) is 9.59 Å². The summed E-state index contributed by atoms with van der Waals surface area (Å²) in [6, 6.07) is 2.95. The van der Waals surface area contributed by atoms with Gasteiger partial charge in [-0.1, -0.05) is 0 Å². The Morgan fingerprint density at radius 1 is 1.04 bits per heavy atom. The number of fused-ring (bicyclic) bond motifs is 2. The molecule has 0 unspecified atom stereocenters. The summed E-state index contributed by atoms with van der Waals surface area (Å²) < 4.78 is 25.8. The average Bonchev–Trinajstić information content (AvgIpc) is 3.12. The molecule has 0 radical (unpaired) electrons. The molecule has 1 aliphatic carbocycles. The van der Waals surface area contributed by atoms with Gasteiger partial charge in [-0.15, -0.1) is 0 Å². The SMILES string of the molecule is COC(=O)COc1cc(OCC(=O)OC)c2c(=O)c3c(oc2c1)CCC3. The van der Waals surface area contributed by atoms with E-state index in [1.165, 1.54) is 26.4 Å². The number of methoxy groups -OCH3 is 2. The van der Waals surface area contributed by atoms with Crippen LogP contribution in [0.5, 0.6) is 11.5 Å². The number of hydrogen-bond acceptors (Lipinski definition) is 8. The van der Waals surface area contributed by atoms with Crippen molar-refractivity contribution in [1.82, 2.24) is 0 Å². The van der Waals surface area contributed by atoms with Crippen LogP contribution >= 0.6 is 0 Å². The van der Waals surface area contributed by atoms with Gasteiger partial charge in [0.2, 0.25) is 0 Å². The number of hydrogen-bond donors (Lipinski definition) is 0. The second-order valence-corrected chi connectivity index (χ2v) is 5.71. The van der Waals surface area contributed by atoms with E-state index in [9.17, 15) is 14.4 Å². The van der Waals surface area contributed by atoms with E-state index in [1.54, 1.807) is 0 Å². The molecule has 0 saturated carbocycles. The number of benzene rings is 1. The van der Waals surface area contributed by atoms with E-state index in [-0.39, 0.29) is 41.1 Å². The Morgan fingerprint density at radius 2 is 1.73 bits per heavy atom. The molecule has 0 bridgehead atoms. The van der Waals surface area contributed by atoms with Gasteiger partial charge in [-0.3, -0.25) is 4.79 Å². The van der Waals surface area contributed by atoms with E-state index in [2.05, 4.69) is 9.47 Å². The Balaban J connectivity index is 2.05. The fraction of sp³-hybridized carbons (Fsp3) is 0.389. The average molecular weight is 362 g/mol. The first-order valence-electron chi connectivity index (χ1n) is 8.05. The van der Waals surface area contributed by atoms with Gasteiger partial charge in [0.15, 0.2) is 18.6 Å². The van der Waals surface area contributed by atoms with Gasteiger partial charge in [-0.05, 0) is 12.8 Å². The van der Waals surface area contributed by atoms with Crippen LogP contribution < -0.4 is 14.9 Å². The molecule has 1 heterocycles. The van der Waals surface area contributed by atoms with Crippen LogP contribution in [0.15, 0.2) is 21.3 Å². The van der Waals surface area contributed by atoms with Gasteiger partial charge in [0, 0.05) is 24.1 Å². The molecule has 0 saturated heterocycles. The number of rotatable bonds is 6. The normalized spacial score (nSPS) is 12.5. The lowest BCUT2D eigenvalue weighted by molar-refractivity contribution is -0.143. The van der Waals surface area contributed by atoms with E-state index in [4.69, 9.17) is 13.9 Å². The van der Waals surface area contributed by atoms with Gasteiger partial charge in [-0.2, -0.15) is 0 Å². The highest BCUT2D eigenvalue weighted by Crippen LogP contribution is 2.33. The quantitative estimate of drug-likeness (QED) is 0.711. The number of esters is 2. The Hall–Kier alpha value is -3.03. The summed E-state index contributed by atoms with van der Waals surface area (Å²) in [5, 5.41) is 0.236. The van der Waals surface area contributed by atoms with Crippen molar-refractivity contribution < 1.29 is 33.0 Å². The van der Waals surface area contributed by atoms with E-state index in [0.717, 1.165) is 6.42 Å². The van der Waals surface area contributed by atoms with Crippen LogP contribution in [0.3, 0.4) is 0 Å². The van der Waals surface area contributed by atoms with Gasteiger partial charge in [0.25, 0.3) is 0 Å². The smallest absolute Gasteiger partial charge is 0.343 e. The molecule has 0 aliphatic heterocycles. The molecule has 2 aromatic rings. The molecule has 0 amide bonds. The van der Waals surface area contributed by atoms with Crippen molar-refractivity contribution in [2.24, 2.45) is 0 Å². The molecule has 0 spiro atoms. The lowest BCUT2D eigenvalue weighted by atomic mass is 10.1. The van der Waals surface area contributed by atoms with Crippen LogP contribution in [0.4, 0.5) is 0 Å². The Kier molecular flexibility index (Phi) is 5.11. The molecule has 0 atom stereocenters. The van der Waals surface area contributed by atoms with Gasteiger partial charge < -0.3 is 23.4 Å². The Bertz CT molecular complexity index is 912. The van der Waals surface area contributed by atoms with Crippen LogP contribution in [0, 0.1) is 0 Å². The summed E-state index contributed by atoms with van der Waals surface area (Å²) in [5.74, 6) is -0.117. The molecular weight excluding hydrogens is 344 g/mol. The molecule has 1 aliphatic rings. The zero-order chi connectivity index (χ0) is 18.7. The lowest BCUT2D eigenvalue weighted by Crippen LogP contribution is -2.16. The third-order valence-corrected chi connectivity index (χ3v) is 4.10. The number of carbonyl (C=O) groups excluding carboxylic acids is 2. The van der Waals surface area contributed by atoms with Crippen molar-refractivity contribution >= 4 is 22.9 Å². The van der Waals surface area contributed by atoms with E-state index < -0.39 is 11.9 Å². The van der Waals surface area contributed by atoms with Crippen molar-refractivity contribution in [3.8, 4) is 11.5 Å². The first kappa shape index (κ1) is 17.8. The maximum Gasteiger partial charge on any atom is 0.343 e. The van der Waals surface area contributed by atoms with Crippen molar-refractivity contribution in [1.29, 1.82) is 0 Å². The molecule has 8 nitrogen and oxygen atoms in total. The van der Waals surface area contributed by atoms with Crippen LogP contribution in [-0.2, 0) is 31.9 Å². The van der Waals surface area contributed by atoms with Crippen molar-refractivity contribution in [3.63, 3.8) is 0 Å². The van der Waals surface area contributed by atoms with Crippen molar-refractivity contribution in [3.05, 3.63) is 33.7 Å². The molecule has 0 N–H and O–H groups in total. The Morgan fingerprint density at radius 3 is 2.42 bits per heavy atom. The highest BCUT2D eigenvalue weighted by Gasteiger charge is 2.23. The summed E-state index contributed by atoms with van der Waals surface area (Å²) in [5.41, 5.74) is 0.722. The van der Waals surface area contributed by atoms with Gasteiger partial charge >= 0.3 is 11.9 Å². The number of aryl methyl sites for hydroxylation is 1. The molecule has 8 heteroatoms. The van der Waals surface area contributed by atoms with E-state index >= 15 is 0 Å². The minimum absolute atomic E-state index is 0.135.